The van der Waals surface area contributed by atoms with E-state index in [1.165, 1.54) is 12.1 Å². The number of piperazine rings is 1. The maximum Gasteiger partial charge on any atom is 0.416 e. The fourth-order valence-corrected chi connectivity index (χ4v) is 3.55. The lowest BCUT2D eigenvalue weighted by Gasteiger charge is -2.36. The van der Waals surface area contributed by atoms with Crippen LogP contribution in [0.3, 0.4) is 0 Å². The normalized spacial score (nSPS) is 14.6. The van der Waals surface area contributed by atoms with Crippen LogP contribution < -0.4 is 10.2 Å². The number of alkyl halides is 3. The molecule has 0 bridgehead atoms. The van der Waals surface area contributed by atoms with Crippen LogP contribution in [-0.4, -0.2) is 47.3 Å². The van der Waals surface area contributed by atoms with E-state index < -0.39 is 17.8 Å². The van der Waals surface area contributed by atoms with Crippen LogP contribution in [0, 0.1) is 0 Å². The van der Waals surface area contributed by atoms with Crippen LogP contribution in [0.15, 0.2) is 53.1 Å². The fourth-order valence-electron chi connectivity index (χ4n) is 3.55. The molecule has 0 saturated carbocycles. The van der Waals surface area contributed by atoms with Crippen LogP contribution >= 0.6 is 0 Å². The lowest BCUT2D eigenvalue weighted by Crippen LogP contribution is -2.50. The van der Waals surface area contributed by atoms with E-state index in [9.17, 15) is 18.0 Å². The third-order valence-electron chi connectivity index (χ3n) is 5.43. The number of halogens is 3. The average Bonchev–Trinajstić information content (AvgIpc) is 3.30. The number of hydrogen-bond donors (Lipinski definition) is 1. The summed E-state index contributed by atoms with van der Waals surface area (Å²) in [7, 11) is 0. The molecule has 10 heteroatoms. The van der Waals surface area contributed by atoms with Crippen LogP contribution in [0.1, 0.15) is 31.2 Å². The van der Waals surface area contributed by atoms with Crippen molar-refractivity contribution in [2.45, 2.75) is 25.9 Å². The number of carbonyl (C=O) groups excluding carboxylic acids is 1. The minimum Gasteiger partial charge on any atom is -0.368 e. The third kappa shape index (κ3) is 5.27. The highest BCUT2D eigenvalue weighted by atomic mass is 19.4. The van der Waals surface area contributed by atoms with Crippen molar-refractivity contribution >= 4 is 17.4 Å². The van der Waals surface area contributed by atoms with Crippen LogP contribution in [0.25, 0.3) is 11.4 Å². The van der Waals surface area contributed by atoms with Gasteiger partial charge in [-0.2, -0.15) is 18.2 Å². The topological polar surface area (TPSA) is 74.5 Å². The number of urea groups is 1. The van der Waals surface area contributed by atoms with Gasteiger partial charge in [-0.15, -0.1) is 0 Å². The summed E-state index contributed by atoms with van der Waals surface area (Å²) in [6.07, 6.45) is -4.46. The van der Waals surface area contributed by atoms with Crippen LogP contribution in [0.2, 0.25) is 0 Å². The van der Waals surface area contributed by atoms with Crippen molar-refractivity contribution in [3.63, 3.8) is 0 Å². The Morgan fingerprint density at radius 2 is 1.76 bits per heavy atom. The number of anilines is 2. The quantitative estimate of drug-likeness (QED) is 0.578. The molecule has 0 radical (unpaired) electrons. The molecule has 7 nitrogen and oxygen atoms in total. The van der Waals surface area contributed by atoms with Crippen LogP contribution in [-0.2, 0) is 6.18 Å². The molecule has 1 aliphatic rings. The zero-order valence-corrected chi connectivity index (χ0v) is 18.3. The molecule has 1 aromatic heterocycles. The molecule has 1 aliphatic heterocycles. The van der Waals surface area contributed by atoms with E-state index >= 15 is 0 Å². The van der Waals surface area contributed by atoms with E-state index in [0.717, 1.165) is 23.4 Å². The van der Waals surface area contributed by atoms with Gasteiger partial charge in [-0.1, -0.05) is 25.1 Å². The van der Waals surface area contributed by atoms with Gasteiger partial charge in [0, 0.05) is 49.0 Å². The number of amides is 2. The van der Waals surface area contributed by atoms with Crippen molar-refractivity contribution in [1.29, 1.82) is 0 Å². The first-order chi connectivity index (χ1) is 15.7. The number of aromatic nitrogens is 2. The first-order valence-electron chi connectivity index (χ1n) is 10.6. The molecule has 1 fully saturated rings. The molecule has 3 aromatic rings. The van der Waals surface area contributed by atoms with E-state index in [2.05, 4.69) is 20.4 Å². The summed E-state index contributed by atoms with van der Waals surface area (Å²) in [5, 5.41) is 6.58. The summed E-state index contributed by atoms with van der Waals surface area (Å²) in [5.41, 5.74) is 1.18. The first kappa shape index (κ1) is 22.6. The van der Waals surface area contributed by atoms with Gasteiger partial charge in [0.2, 0.25) is 11.7 Å². The number of nitrogens with zero attached hydrogens (tertiary/aromatic N) is 4. The molecule has 1 N–H and O–H groups in total. The maximum atomic E-state index is 12.9. The van der Waals surface area contributed by atoms with Crippen molar-refractivity contribution in [2.75, 3.05) is 36.4 Å². The predicted octanol–water partition coefficient (Wildman–Crippen LogP) is 5.23. The number of rotatable bonds is 4. The van der Waals surface area contributed by atoms with Gasteiger partial charge in [0.15, 0.2) is 0 Å². The summed E-state index contributed by atoms with van der Waals surface area (Å²) in [4.78, 5) is 20.7. The van der Waals surface area contributed by atoms with Gasteiger partial charge in [0.25, 0.3) is 0 Å². The summed E-state index contributed by atoms with van der Waals surface area (Å²) in [6.45, 7) is 6.09. The Kier molecular flexibility index (Phi) is 6.26. The Morgan fingerprint density at radius 3 is 2.36 bits per heavy atom. The minimum atomic E-state index is -4.46. The summed E-state index contributed by atoms with van der Waals surface area (Å²) < 4.78 is 43.9. The van der Waals surface area contributed by atoms with Gasteiger partial charge < -0.3 is 19.6 Å². The van der Waals surface area contributed by atoms with E-state index in [1.807, 2.05) is 38.1 Å². The van der Waals surface area contributed by atoms with Crippen molar-refractivity contribution < 1.29 is 22.5 Å². The fraction of sp³-hybridized carbons (Fsp3) is 0.348. The van der Waals surface area contributed by atoms with Gasteiger partial charge in [-0.25, -0.2) is 4.79 Å². The van der Waals surface area contributed by atoms with Crippen molar-refractivity contribution in [3.8, 4) is 11.4 Å². The second kappa shape index (κ2) is 9.13. The van der Waals surface area contributed by atoms with Crippen LogP contribution in [0.4, 0.5) is 29.3 Å². The second-order valence-corrected chi connectivity index (χ2v) is 8.14. The van der Waals surface area contributed by atoms with Gasteiger partial charge in [-0.3, -0.25) is 0 Å². The van der Waals surface area contributed by atoms with Crippen molar-refractivity contribution in [2.24, 2.45) is 0 Å². The smallest absolute Gasteiger partial charge is 0.368 e. The zero-order chi connectivity index (χ0) is 23.6. The van der Waals surface area contributed by atoms with Gasteiger partial charge in [0.1, 0.15) is 0 Å². The van der Waals surface area contributed by atoms with E-state index in [-0.39, 0.29) is 11.6 Å². The average molecular weight is 459 g/mol. The molecule has 2 aromatic carbocycles. The molecular weight excluding hydrogens is 435 g/mol. The largest absolute Gasteiger partial charge is 0.416 e. The molecule has 0 atom stereocenters. The van der Waals surface area contributed by atoms with Crippen LogP contribution in [0.5, 0.6) is 0 Å². The van der Waals surface area contributed by atoms with Gasteiger partial charge in [0.05, 0.1) is 5.56 Å². The molecule has 2 amide bonds. The molecule has 1 saturated heterocycles. The molecule has 2 heterocycles. The predicted molar refractivity (Wildman–Crippen MR) is 118 cm³/mol. The summed E-state index contributed by atoms with van der Waals surface area (Å²) in [6, 6.07) is 12.0. The second-order valence-electron chi connectivity index (χ2n) is 8.14. The van der Waals surface area contributed by atoms with Crippen molar-refractivity contribution in [1.82, 2.24) is 15.0 Å². The number of carbonyl (C=O) groups is 1. The molecule has 0 aliphatic carbocycles. The lowest BCUT2D eigenvalue weighted by molar-refractivity contribution is -0.137. The number of nitrogens with one attached hydrogen (secondary N) is 1. The Bertz CT molecular complexity index is 1100. The highest BCUT2D eigenvalue weighted by Crippen LogP contribution is 2.31. The monoisotopic (exact) mass is 459 g/mol. The Labute approximate surface area is 189 Å². The molecular formula is C23H24F3N5O2. The molecule has 0 unspecified atom stereocenters. The number of hydrogen-bond acceptors (Lipinski definition) is 5. The first-order valence-corrected chi connectivity index (χ1v) is 10.6. The molecule has 4 rings (SSSR count). The van der Waals surface area contributed by atoms with E-state index in [1.54, 1.807) is 4.90 Å². The highest BCUT2D eigenvalue weighted by molar-refractivity contribution is 5.89. The molecule has 33 heavy (non-hydrogen) atoms. The standard InChI is InChI=1S/C23H24F3N5O2/c1-15(2)21-28-20(29-33-21)16-6-8-19(9-7-16)30-10-12-31(13-11-30)22(32)27-18-5-3-4-17(14-18)23(24,25)26/h3-9,14-15H,10-13H2,1-2H3,(H,27,32). The zero-order valence-electron chi connectivity index (χ0n) is 18.3. The third-order valence-corrected chi connectivity index (χ3v) is 5.43. The SMILES string of the molecule is CC(C)c1nc(-c2ccc(N3CCN(C(=O)Nc4cccc(C(F)(F)F)c4)CC3)cc2)no1. The minimum absolute atomic E-state index is 0.120. The summed E-state index contributed by atoms with van der Waals surface area (Å²) in [5.74, 6) is 1.29. The molecule has 174 valence electrons. The maximum absolute atomic E-state index is 12.9. The number of benzene rings is 2. The van der Waals surface area contributed by atoms with E-state index in [4.69, 9.17) is 4.52 Å². The Morgan fingerprint density at radius 1 is 1.06 bits per heavy atom. The molecule has 0 spiro atoms. The van der Waals surface area contributed by atoms with Crippen molar-refractivity contribution in [3.05, 3.63) is 60.0 Å². The van der Waals surface area contributed by atoms with Gasteiger partial charge in [-0.05, 0) is 42.5 Å². The Balaban J connectivity index is 1.33. The Hall–Kier alpha value is -3.56. The van der Waals surface area contributed by atoms with Gasteiger partial charge >= 0.3 is 12.2 Å². The lowest BCUT2D eigenvalue weighted by atomic mass is 10.1. The highest BCUT2D eigenvalue weighted by Gasteiger charge is 2.30. The van der Waals surface area contributed by atoms with E-state index in [0.29, 0.717) is 37.9 Å². The summed E-state index contributed by atoms with van der Waals surface area (Å²) >= 11 is 0.